The van der Waals surface area contributed by atoms with E-state index in [4.69, 9.17) is 4.74 Å². The molecule has 0 radical (unpaired) electrons. The van der Waals surface area contributed by atoms with Crippen LogP contribution in [0.4, 0.5) is 0 Å². The number of hydrogen-bond acceptors (Lipinski definition) is 4. The van der Waals surface area contributed by atoms with Crippen molar-refractivity contribution in [2.75, 3.05) is 13.2 Å². The van der Waals surface area contributed by atoms with E-state index in [2.05, 4.69) is 13.8 Å². The molecular weight excluding hydrogens is 414 g/mol. The molecule has 0 saturated carbocycles. The Morgan fingerprint density at radius 2 is 1.73 bits per heavy atom. The number of Topliss-reactive ketones (excluding diaryl/α,β-unsaturated/α-hetero) is 1. The Balaban J connectivity index is 1.76. The number of carbonyl (C=O) groups excluding carboxylic acids is 2. The van der Waals surface area contributed by atoms with Crippen molar-refractivity contribution in [3.8, 4) is 5.75 Å². The van der Waals surface area contributed by atoms with Crippen molar-refractivity contribution in [2.24, 2.45) is 0 Å². The number of likely N-dealkylation sites (tertiary alicyclic amines) is 1. The smallest absolute Gasteiger partial charge is 0.295 e. The minimum atomic E-state index is -0.613. The van der Waals surface area contributed by atoms with Crippen LogP contribution in [-0.4, -0.2) is 34.8 Å². The first-order chi connectivity index (χ1) is 16.0. The number of aliphatic hydroxyl groups excluding tert-OH is 1. The number of rotatable bonds is 8. The van der Waals surface area contributed by atoms with Gasteiger partial charge in [-0.1, -0.05) is 44.5 Å². The zero-order chi connectivity index (χ0) is 23.4. The summed E-state index contributed by atoms with van der Waals surface area (Å²) in [4.78, 5) is 27.7. The summed E-state index contributed by atoms with van der Waals surface area (Å²) < 4.78 is 5.69. The largest absolute Gasteiger partial charge is 0.507 e. The van der Waals surface area contributed by atoms with Gasteiger partial charge in [0.1, 0.15) is 11.5 Å². The van der Waals surface area contributed by atoms with E-state index in [1.165, 1.54) is 17.5 Å². The lowest BCUT2D eigenvalue weighted by molar-refractivity contribution is -0.139. The fourth-order valence-corrected chi connectivity index (χ4v) is 4.79. The van der Waals surface area contributed by atoms with Crippen molar-refractivity contribution in [1.82, 2.24) is 4.90 Å². The second kappa shape index (κ2) is 10.2. The molecule has 1 aliphatic carbocycles. The van der Waals surface area contributed by atoms with Gasteiger partial charge in [-0.2, -0.15) is 0 Å². The van der Waals surface area contributed by atoms with Crippen LogP contribution in [0.2, 0.25) is 0 Å². The molecule has 0 spiro atoms. The number of carbonyl (C=O) groups is 2. The lowest BCUT2D eigenvalue weighted by atomic mass is 9.88. The van der Waals surface area contributed by atoms with Crippen LogP contribution in [0.5, 0.6) is 5.75 Å². The van der Waals surface area contributed by atoms with Crippen LogP contribution in [0.25, 0.3) is 5.76 Å². The van der Waals surface area contributed by atoms with E-state index in [1.807, 2.05) is 42.5 Å². The van der Waals surface area contributed by atoms with Crippen molar-refractivity contribution < 1.29 is 19.4 Å². The molecule has 0 bridgehead atoms. The van der Waals surface area contributed by atoms with E-state index < -0.39 is 17.7 Å². The molecule has 2 aliphatic rings. The molecule has 2 aromatic carbocycles. The van der Waals surface area contributed by atoms with E-state index in [-0.39, 0.29) is 11.3 Å². The van der Waals surface area contributed by atoms with Gasteiger partial charge in [0.25, 0.3) is 11.7 Å². The number of hydrogen-bond donors (Lipinski definition) is 1. The average molecular weight is 448 g/mol. The van der Waals surface area contributed by atoms with Gasteiger partial charge in [0.05, 0.1) is 18.2 Å². The fraction of sp³-hybridized carbons (Fsp3) is 0.429. The zero-order valence-electron chi connectivity index (χ0n) is 19.6. The summed E-state index contributed by atoms with van der Waals surface area (Å²) in [5.41, 5.74) is 4.11. The minimum absolute atomic E-state index is 0.0861. The normalized spacial score (nSPS) is 19.6. The van der Waals surface area contributed by atoms with Crippen molar-refractivity contribution in [3.05, 3.63) is 70.3 Å². The van der Waals surface area contributed by atoms with Crippen LogP contribution >= 0.6 is 0 Å². The summed E-state index contributed by atoms with van der Waals surface area (Å²) in [5.74, 6) is -0.491. The Morgan fingerprint density at radius 3 is 2.42 bits per heavy atom. The van der Waals surface area contributed by atoms with E-state index in [9.17, 15) is 14.7 Å². The van der Waals surface area contributed by atoms with Crippen molar-refractivity contribution >= 4 is 17.4 Å². The first-order valence-electron chi connectivity index (χ1n) is 12.2. The number of ketones is 1. The first kappa shape index (κ1) is 23.1. The summed E-state index contributed by atoms with van der Waals surface area (Å²) >= 11 is 0. The third kappa shape index (κ3) is 4.68. The second-order valence-electron chi connectivity index (χ2n) is 8.95. The molecule has 1 saturated heterocycles. The topological polar surface area (TPSA) is 66.8 Å². The molecule has 1 aliphatic heterocycles. The zero-order valence-corrected chi connectivity index (χ0v) is 19.6. The molecule has 33 heavy (non-hydrogen) atoms. The summed E-state index contributed by atoms with van der Waals surface area (Å²) in [7, 11) is 0. The van der Waals surface area contributed by atoms with Crippen LogP contribution in [0, 0.1) is 0 Å². The van der Waals surface area contributed by atoms with Gasteiger partial charge in [-0.25, -0.2) is 0 Å². The molecule has 174 valence electrons. The fourth-order valence-electron chi connectivity index (χ4n) is 4.79. The maximum Gasteiger partial charge on any atom is 0.295 e. The number of ether oxygens (including phenoxy) is 1. The Labute approximate surface area is 196 Å². The highest BCUT2D eigenvalue weighted by Gasteiger charge is 2.45. The number of aliphatic hydroxyl groups is 1. The molecule has 5 heteroatoms. The third-order valence-corrected chi connectivity index (χ3v) is 6.58. The van der Waals surface area contributed by atoms with Gasteiger partial charge < -0.3 is 14.7 Å². The van der Waals surface area contributed by atoms with Gasteiger partial charge in [0.15, 0.2) is 0 Å². The van der Waals surface area contributed by atoms with Gasteiger partial charge >= 0.3 is 0 Å². The quantitative estimate of drug-likeness (QED) is 0.326. The summed E-state index contributed by atoms with van der Waals surface area (Å²) in [6.07, 6.45) is 6.95. The summed E-state index contributed by atoms with van der Waals surface area (Å²) in [5, 5.41) is 11.3. The Hall–Kier alpha value is -3.08. The molecule has 5 nitrogen and oxygen atoms in total. The molecular formula is C28H33NO4. The number of unbranched alkanes of at least 4 members (excludes halogenated alkanes) is 1. The number of benzene rings is 2. The van der Waals surface area contributed by atoms with Crippen LogP contribution in [0.1, 0.15) is 74.2 Å². The predicted molar refractivity (Wildman–Crippen MR) is 129 cm³/mol. The highest BCUT2D eigenvalue weighted by molar-refractivity contribution is 6.46. The Kier molecular flexibility index (Phi) is 7.17. The first-order valence-corrected chi connectivity index (χ1v) is 12.2. The number of amides is 1. The van der Waals surface area contributed by atoms with Crippen LogP contribution in [0.3, 0.4) is 0 Å². The van der Waals surface area contributed by atoms with Crippen molar-refractivity contribution in [2.45, 2.75) is 64.8 Å². The molecule has 2 aromatic rings. The predicted octanol–water partition coefficient (Wildman–Crippen LogP) is 5.58. The number of nitrogens with zero attached hydrogens (tertiary/aromatic N) is 1. The summed E-state index contributed by atoms with van der Waals surface area (Å²) in [6.45, 7) is 5.21. The van der Waals surface area contributed by atoms with Crippen LogP contribution in [0.15, 0.2) is 48.0 Å². The highest BCUT2D eigenvalue weighted by atomic mass is 16.5. The maximum atomic E-state index is 13.1. The van der Waals surface area contributed by atoms with Gasteiger partial charge in [0.2, 0.25) is 0 Å². The lowest BCUT2D eigenvalue weighted by Crippen LogP contribution is -2.30. The van der Waals surface area contributed by atoms with E-state index in [0.29, 0.717) is 18.7 Å². The second-order valence-corrected chi connectivity index (χ2v) is 8.95. The van der Waals surface area contributed by atoms with E-state index in [0.717, 1.165) is 49.8 Å². The molecule has 0 aromatic heterocycles. The van der Waals surface area contributed by atoms with Crippen LogP contribution < -0.4 is 4.74 Å². The molecule has 1 fully saturated rings. The lowest BCUT2D eigenvalue weighted by Gasteiger charge is -2.25. The van der Waals surface area contributed by atoms with Crippen molar-refractivity contribution in [3.63, 3.8) is 0 Å². The van der Waals surface area contributed by atoms with Gasteiger partial charge in [-0.05, 0) is 73.4 Å². The third-order valence-electron chi connectivity index (χ3n) is 6.58. The molecule has 1 heterocycles. The van der Waals surface area contributed by atoms with Crippen molar-refractivity contribution in [1.29, 1.82) is 0 Å². The average Bonchev–Trinajstić information content (AvgIpc) is 3.10. The molecule has 1 N–H and O–H groups in total. The van der Waals surface area contributed by atoms with Gasteiger partial charge in [0, 0.05) is 12.1 Å². The standard InChI is InChI=1S/C28H33NO4/c1-3-5-16-29-25(20-12-14-23(15-13-20)33-17-4-2)24(27(31)28(29)32)26(30)22-11-10-19-8-6-7-9-21(19)18-22/h10-15,18,25,30H,3-9,16-17H2,1-2H3/b26-24-. The molecule has 4 rings (SSSR count). The Morgan fingerprint density at radius 1 is 1.00 bits per heavy atom. The van der Waals surface area contributed by atoms with Gasteiger partial charge in [-0.3, -0.25) is 9.59 Å². The van der Waals surface area contributed by atoms with E-state index in [1.54, 1.807) is 4.90 Å². The monoisotopic (exact) mass is 447 g/mol. The van der Waals surface area contributed by atoms with E-state index >= 15 is 0 Å². The number of fused-ring (bicyclic) bond motifs is 1. The molecule has 1 unspecified atom stereocenters. The minimum Gasteiger partial charge on any atom is -0.507 e. The SMILES string of the molecule is CCCCN1C(=O)C(=O)/C(=C(\O)c2ccc3c(c2)CCCC3)C1c1ccc(OCCC)cc1. The Bertz CT molecular complexity index is 1050. The molecule has 1 atom stereocenters. The van der Waals surface area contributed by atoms with Gasteiger partial charge in [-0.15, -0.1) is 0 Å². The summed E-state index contributed by atoms with van der Waals surface area (Å²) in [6, 6.07) is 12.8. The highest BCUT2D eigenvalue weighted by Crippen LogP contribution is 2.40. The molecule has 1 amide bonds. The van der Waals surface area contributed by atoms with Crippen LogP contribution in [-0.2, 0) is 22.4 Å². The number of aryl methyl sites for hydroxylation is 2. The maximum absolute atomic E-state index is 13.1.